The van der Waals surface area contributed by atoms with E-state index in [0.717, 1.165) is 64.7 Å². The molecule has 0 aliphatic carbocycles. The SMILES string of the molecule is C=C(C)c1cccc(-c2ccc3ncc(-c4cc(F)cc(F)c4)c(N4CC[C@@H]5NCCO[C@H]5C4)c3c2)n1. The van der Waals surface area contributed by atoms with Crippen LogP contribution in [0.5, 0.6) is 0 Å². The van der Waals surface area contributed by atoms with Crippen molar-refractivity contribution in [3.8, 4) is 22.4 Å². The number of morpholine rings is 1. The fourth-order valence-corrected chi connectivity index (χ4v) is 5.41. The van der Waals surface area contributed by atoms with Crippen molar-refractivity contribution in [2.24, 2.45) is 0 Å². The quantitative estimate of drug-likeness (QED) is 0.383. The molecule has 0 bridgehead atoms. The lowest BCUT2D eigenvalue weighted by Crippen LogP contribution is -2.57. The van der Waals surface area contributed by atoms with Crippen LogP contribution in [0.15, 0.2) is 67.4 Å². The summed E-state index contributed by atoms with van der Waals surface area (Å²) < 4.78 is 34.7. The Balaban J connectivity index is 1.54. The van der Waals surface area contributed by atoms with Gasteiger partial charge in [-0.05, 0) is 60.9 Å². The highest BCUT2D eigenvalue weighted by atomic mass is 19.1. The smallest absolute Gasteiger partial charge is 0.126 e. The number of allylic oxidation sites excluding steroid dienone is 1. The van der Waals surface area contributed by atoms with E-state index in [9.17, 15) is 8.78 Å². The first-order valence-corrected chi connectivity index (χ1v) is 12.6. The van der Waals surface area contributed by atoms with Crippen molar-refractivity contribution in [2.45, 2.75) is 25.5 Å². The second-order valence-corrected chi connectivity index (χ2v) is 9.80. The molecule has 0 radical (unpaired) electrons. The highest BCUT2D eigenvalue weighted by Crippen LogP contribution is 2.40. The monoisotopic (exact) mass is 498 g/mol. The van der Waals surface area contributed by atoms with Crippen molar-refractivity contribution in [1.82, 2.24) is 15.3 Å². The first-order chi connectivity index (χ1) is 18.0. The zero-order chi connectivity index (χ0) is 25.5. The lowest BCUT2D eigenvalue weighted by atomic mass is 9.95. The molecule has 2 saturated heterocycles. The molecule has 1 N–H and O–H groups in total. The van der Waals surface area contributed by atoms with Gasteiger partial charge in [-0.15, -0.1) is 0 Å². The van der Waals surface area contributed by atoms with Crippen LogP contribution in [-0.2, 0) is 4.74 Å². The number of anilines is 1. The Labute approximate surface area is 214 Å². The number of pyridine rings is 2. The van der Waals surface area contributed by atoms with E-state index in [0.29, 0.717) is 30.3 Å². The van der Waals surface area contributed by atoms with Crippen molar-refractivity contribution in [2.75, 3.05) is 31.1 Å². The van der Waals surface area contributed by atoms with Gasteiger partial charge in [-0.1, -0.05) is 18.7 Å². The normalized spacial score (nSPS) is 19.6. The van der Waals surface area contributed by atoms with Gasteiger partial charge in [0, 0.05) is 54.5 Å². The molecule has 0 spiro atoms. The zero-order valence-corrected chi connectivity index (χ0v) is 20.7. The van der Waals surface area contributed by atoms with Gasteiger partial charge in [0.15, 0.2) is 0 Å². The summed E-state index contributed by atoms with van der Waals surface area (Å²) in [4.78, 5) is 11.7. The molecule has 0 amide bonds. The molecule has 188 valence electrons. The molecule has 4 heterocycles. The Bertz CT molecular complexity index is 1480. The van der Waals surface area contributed by atoms with E-state index >= 15 is 0 Å². The molecule has 2 aromatic carbocycles. The second-order valence-electron chi connectivity index (χ2n) is 9.80. The molecule has 2 aliphatic heterocycles. The summed E-state index contributed by atoms with van der Waals surface area (Å²) >= 11 is 0. The van der Waals surface area contributed by atoms with Gasteiger partial charge in [0.1, 0.15) is 11.6 Å². The van der Waals surface area contributed by atoms with Crippen LogP contribution < -0.4 is 10.2 Å². The molecule has 6 rings (SSSR count). The molecular formula is C30H28F2N4O. The Morgan fingerprint density at radius 3 is 2.73 bits per heavy atom. The van der Waals surface area contributed by atoms with Crippen molar-refractivity contribution in [1.29, 1.82) is 0 Å². The maximum Gasteiger partial charge on any atom is 0.126 e. The molecule has 2 fully saturated rings. The molecule has 37 heavy (non-hydrogen) atoms. The predicted octanol–water partition coefficient (Wildman–Crippen LogP) is 5.84. The fraction of sp³-hybridized carbons (Fsp3) is 0.267. The number of halogens is 2. The second kappa shape index (κ2) is 9.65. The lowest BCUT2D eigenvalue weighted by Gasteiger charge is -2.43. The van der Waals surface area contributed by atoms with Gasteiger partial charge in [0.25, 0.3) is 0 Å². The average Bonchev–Trinajstić information content (AvgIpc) is 2.91. The summed E-state index contributed by atoms with van der Waals surface area (Å²) in [7, 11) is 0. The number of ether oxygens (including phenoxy) is 1. The number of fused-ring (bicyclic) bond motifs is 2. The van der Waals surface area contributed by atoms with Crippen LogP contribution >= 0.6 is 0 Å². The van der Waals surface area contributed by atoms with E-state index in [2.05, 4.69) is 27.8 Å². The number of hydrogen-bond acceptors (Lipinski definition) is 5. The van der Waals surface area contributed by atoms with E-state index in [4.69, 9.17) is 9.72 Å². The van der Waals surface area contributed by atoms with Crippen LogP contribution in [0.1, 0.15) is 19.0 Å². The maximum atomic E-state index is 14.3. The third kappa shape index (κ3) is 4.61. The Morgan fingerprint density at radius 2 is 1.92 bits per heavy atom. The van der Waals surface area contributed by atoms with Gasteiger partial charge in [0.05, 0.1) is 35.3 Å². The van der Waals surface area contributed by atoms with Crippen LogP contribution in [0.4, 0.5) is 14.5 Å². The molecule has 2 aromatic heterocycles. The largest absolute Gasteiger partial charge is 0.373 e. The standard InChI is InChI=1S/C30H28F2N4O/c1-18(2)25-4-3-5-26(35-25)19-6-7-27-23(14-19)30(36-10-8-28-29(17-36)37-11-9-33-28)24(16-34-27)20-12-21(31)15-22(32)13-20/h3-7,12-16,28-29,33H,1,8-11,17H2,2H3/t28-,29-/m0/s1. The highest BCUT2D eigenvalue weighted by Gasteiger charge is 2.33. The summed E-state index contributed by atoms with van der Waals surface area (Å²) in [6.45, 7) is 8.94. The van der Waals surface area contributed by atoms with Crippen LogP contribution in [0.25, 0.3) is 38.9 Å². The topological polar surface area (TPSA) is 50.3 Å². The number of benzene rings is 2. The van der Waals surface area contributed by atoms with Crippen LogP contribution in [-0.4, -0.2) is 48.4 Å². The summed E-state index contributed by atoms with van der Waals surface area (Å²) in [6.07, 6.45) is 2.67. The Hall–Kier alpha value is -3.68. The van der Waals surface area contributed by atoms with Gasteiger partial charge in [-0.2, -0.15) is 0 Å². The predicted molar refractivity (Wildman–Crippen MR) is 143 cm³/mol. The van der Waals surface area contributed by atoms with E-state index in [1.54, 1.807) is 6.20 Å². The molecule has 2 aliphatic rings. The molecule has 5 nitrogen and oxygen atoms in total. The molecule has 0 saturated carbocycles. The van der Waals surface area contributed by atoms with E-state index in [1.807, 2.05) is 37.3 Å². The van der Waals surface area contributed by atoms with Gasteiger partial charge in [0.2, 0.25) is 0 Å². The van der Waals surface area contributed by atoms with Gasteiger partial charge in [-0.3, -0.25) is 4.98 Å². The van der Waals surface area contributed by atoms with Crippen molar-refractivity contribution >= 4 is 22.2 Å². The number of nitrogens with one attached hydrogen (secondary N) is 1. The molecule has 2 atom stereocenters. The molecule has 0 unspecified atom stereocenters. The number of nitrogens with zero attached hydrogens (tertiary/aromatic N) is 3. The Morgan fingerprint density at radius 1 is 1.08 bits per heavy atom. The maximum absolute atomic E-state index is 14.3. The Kier molecular flexibility index (Phi) is 6.18. The van der Waals surface area contributed by atoms with E-state index in [1.165, 1.54) is 12.1 Å². The first-order valence-electron chi connectivity index (χ1n) is 12.6. The number of piperidine rings is 1. The molecule has 4 aromatic rings. The highest BCUT2D eigenvalue weighted by molar-refractivity contribution is 6.01. The first kappa shape index (κ1) is 23.7. The van der Waals surface area contributed by atoms with E-state index in [-0.39, 0.29) is 6.10 Å². The van der Waals surface area contributed by atoms with E-state index < -0.39 is 11.6 Å². The minimum absolute atomic E-state index is 0.0416. The number of aromatic nitrogens is 2. The summed E-state index contributed by atoms with van der Waals surface area (Å²) in [6, 6.07) is 15.9. The minimum Gasteiger partial charge on any atom is -0.373 e. The third-order valence-electron chi connectivity index (χ3n) is 7.21. The average molecular weight is 499 g/mol. The molecular weight excluding hydrogens is 470 g/mol. The number of hydrogen-bond donors (Lipinski definition) is 1. The van der Waals surface area contributed by atoms with Crippen molar-refractivity contribution in [3.63, 3.8) is 0 Å². The van der Waals surface area contributed by atoms with Crippen LogP contribution in [0.2, 0.25) is 0 Å². The van der Waals surface area contributed by atoms with Crippen molar-refractivity contribution < 1.29 is 13.5 Å². The van der Waals surface area contributed by atoms with Crippen LogP contribution in [0.3, 0.4) is 0 Å². The summed E-state index contributed by atoms with van der Waals surface area (Å²) in [5.41, 5.74) is 6.35. The zero-order valence-electron chi connectivity index (χ0n) is 20.7. The fourth-order valence-electron chi connectivity index (χ4n) is 5.41. The van der Waals surface area contributed by atoms with Crippen LogP contribution in [0, 0.1) is 11.6 Å². The summed E-state index contributed by atoms with van der Waals surface area (Å²) in [5.74, 6) is -1.23. The minimum atomic E-state index is -0.617. The van der Waals surface area contributed by atoms with Gasteiger partial charge >= 0.3 is 0 Å². The summed E-state index contributed by atoms with van der Waals surface area (Å²) in [5, 5.41) is 4.46. The third-order valence-corrected chi connectivity index (χ3v) is 7.21. The number of rotatable bonds is 4. The molecule has 7 heteroatoms. The van der Waals surface area contributed by atoms with Gasteiger partial charge in [-0.25, -0.2) is 13.8 Å². The lowest BCUT2D eigenvalue weighted by molar-refractivity contribution is -0.00896. The van der Waals surface area contributed by atoms with Crippen molar-refractivity contribution in [3.05, 3.63) is 84.7 Å². The van der Waals surface area contributed by atoms with Gasteiger partial charge < -0.3 is 15.0 Å².